The molecule has 1 saturated heterocycles. The van der Waals surface area contributed by atoms with E-state index in [0.717, 1.165) is 82.0 Å². The van der Waals surface area contributed by atoms with Crippen molar-refractivity contribution in [2.24, 2.45) is 0 Å². The predicted molar refractivity (Wildman–Crippen MR) is 158 cm³/mol. The van der Waals surface area contributed by atoms with Crippen molar-refractivity contribution in [2.45, 2.75) is 58.9 Å². The molecule has 1 aliphatic rings. The third-order valence-corrected chi connectivity index (χ3v) is 7.58. The lowest BCUT2D eigenvalue weighted by molar-refractivity contribution is -0.133. The second-order valence-corrected chi connectivity index (χ2v) is 10.7. The highest BCUT2D eigenvalue weighted by atomic mass is 16.2. The van der Waals surface area contributed by atoms with Crippen LogP contribution in [0.5, 0.6) is 0 Å². The Morgan fingerprint density at radius 1 is 0.897 bits per heavy atom. The zero-order valence-corrected chi connectivity index (χ0v) is 24.0. The van der Waals surface area contributed by atoms with Crippen LogP contribution in [0.2, 0.25) is 0 Å². The second-order valence-electron chi connectivity index (χ2n) is 10.7. The summed E-state index contributed by atoms with van der Waals surface area (Å²) in [7, 11) is 0. The first-order valence-corrected chi connectivity index (χ1v) is 14.5. The van der Waals surface area contributed by atoms with Gasteiger partial charge >= 0.3 is 5.69 Å². The first-order valence-electron chi connectivity index (χ1n) is 14.5. The van der Waals surface area contributed by atoms with Crippen LogP contribution in [-0.4, -0.2) is 75.9 Å². The van der Waals surface area contributed by atoms with E-state index in [1.54, 1.807) is 10.9 Å². The van der Waals surface area contributed by atoms with Crippen LogP contribution in [0.25, 0.3) is 5.69 Å². The van der Waals surface area contributed by atoms with Gasteiger partial charge in [0, 0.05) is 45.0 Å². The molecule has 8 nitrogen and oxygen atoms in total. The molecule has 0 radical (unpaired) electrons. The van der Waals surface area contributed by atoms with Crippen LogP contribution >= 0.6 is 0 Å². The molecule has 0 aliphatic carbocycles. The minimum atomic E-state index is -0.119. The average Bonchev–Trinajstić information content (AvgIpc) is 3.35. The summed E-state index contributed by atoms with van der Waals surface area (Å²) in [6, 6.07) is 18.5. The summed E-state index contributed by atoms with van der Waals surface area (Å²) < 4.78 is 3.09. The Hall–Kier alpha value is -3.39. The first kappa shape index (κ1) is 28.6. The Morgan fingerprint density at radius 3 is 2.08 bits per heavy atom. The van der Waals surface area contributed by atoms with Crippen LogP contribution < -0.4 is 10.6 Å². The van der Waals surface area contributed by atoms with Crippen molar-refractivity contribution in [1.29, 1.82) is 0 Å². The Kier molecular flexibility index (Phi) is 9.98. The fourth-order valence-corrected chi connectivity index (χ4v) is 5.42. The van der Waals surface area contributed by atoms with Gasteiger partial charge in [-0.25, -0.2) is 14.0 Å². The van der Waals surface area contributed by atoms with Gasteiger partial charge in [0.05, 0.1) is 17.6 Å². The van der Waals surface area contributed by atoms with Crippen LogP contribution in [0, 0.1) is 0 Å². The molecule has 39 heavy (non-hydrogen) atoms. The molecule has 2 aromatic carbocycles. The number of carbonyl (C=O) groups is 1. The largest absolute Gasteiger partial charge is 0.369 e. The molecular formula is C31H44N6O2. The Labute approximate surface area is 232 Å². The Morgan fingerprint density at radius 2 is 1.51 bits per heavy atom. The maximum Gasteiger partial charge on any atom is 0.350 e. The van der Waals surface area contributed by atoms with E-state index in [1.807, 2.05) is 44.2 Å². The molecule has 0 N–H and O–H groups in total. The van der Waals surface area contributed by atoms with Gasteiger partial charge in [-0.05, 0) is 69.5 Å². The van der Waals surface area contributed by atoms with Gasteiger partial charge in [0.25, 0.3) is 0 Å². The number of carbonyl (C=O) groups excluding carboxylic acids is 1. The number of rotatable bonds is 12. The minimum absolute atomic E-state index is 0.0297. The summed E-state index contributed by atoms with van der Waals surface area (Å²) in [6.07, 6.45) is 4.39. The number of hydrogen-bond donors (Lipinski definition) is 0. The zero-order valence-electron chi connectivity index (χ0n) is 24.0. The summed E-state index contributed by atoms with van der Waals surface area (Å²) in [5.74, 6) is 0.167. The van der Waals surface area contributed by atoms with Gasteiger partial charge in [-0.3, -0.25) is 9.69 Å². The van der Waals surface area contributed by atoms with E-state index in [-0.39, 0.29) is 23.6 Å². The van der Waals surface area contributed by atoms with Crippen LogP contribution in [0.1, 0.15) is 64.5 Å². The summed E-state index contributed by atoms with van der Waals surface area (Å²) >= 11 is 0. The molecular weight excluding hydrogens is 488 g/mol. The topological polar surface area (TPSA) is 66.6 Å². The summed E-state index contributed by atoms with van der Waals surface area (Å²) in [5.41, 5.74) is 2.99. The maximum atomic E-state index is 13.6. The van der Waals surface area contributed by atoms with Gasteiger partial charge in [0.1, 0.15) is 6.33 Å². The van der Waals surface area contributed by atoms with Gasteiger partial charge in [-0.2, -0.15) is 5.10 Å². The number of hydrogen-bond acceptors (Lipinski definition) is 5. The lowest BCUT2D eigenvalue weighted by Crippen LogP contribution is -2.47. The van der Waals surface area contributed by atoms with Crippen molar-refractivity contribution in [1.82, 2.24) is 24.1 Å². The highest BCUT2D eigenvalue weighted by Crippen LogP contribution is 2.25. The van der Waals surface area contributed by atoms with Crippen LogP contribution in [0.15, 0.2) is 65.7 Å². The number of amides is 1. The van der Waals surface area contributed by atoms with Gasteiger partial charge in [-0.1, -0.05) is 44.2 Å². The lowest BCUT2D eigenvalue weighted by Gasteiger charge is -2.37. The van der Waals surface area contributed by atoms with Crippen LogP contribution in [0.4, 0.5) is 5.69 Å². The summed E-state index contributed by atoms with van der Waals surface area (Å²) in [5, 5.41) is 4.23. The fraction of sp³-hybridized carbons (Fsp3) is 0.516. The van der Waals surface area contributed by atoms with Gasteiger partial charge in [0.2, 0.25) is 5.91 Å². The van der Waals surface area contributed by atoms with Gasteiger partial charge < -0.3 is 9.80 Å². The van der Waals surface area contributed by atoms with E-state index in [4.69, 9.17) is 0 Å². The van der Waals surface area contributed by atoms with Crippen molar-refractivity contribution >= 4 is 11.6 Å². The summed E-state index contributed by atoms with van der Waals surface area (Å²) in [4.78, 5) is 33.1. The van der Waals surface area contributed by atoms with Crippen molar-refractivity contribution in [3.05, 3.63) is 77.0 Å². The molecule has 0 spiro atoms. The number of anilines is 1. The highest BCUT2D eigenvalue weighted by molar-refractivity contribution is 5.83. The van der Waals surface area contributed by atoms with E-state index in [2.05, 4.69) is 57.9 Å². The minimum Gasteiger partial charge on any atom is -0.369 e. The zero-order chi connectivity index (χ0) is 27.8. The van der Waals surface area contributed by atoms with Crippen molar-refractivity contribution in [3.63, 3.8) is 0 Å². The summed E-state index contributed by atoms with van der Waals surface area (Å²) in [6.45, 7) is 14.5. The van der Waals surface area contributed by atoms with Crippen LogP contribution in [-0.2, 0) is 4.79 Å². The fourth-order valence-electron chi connectivity index (χ4n) is 5.42. The quantitative estimate of drug-likeness (QED) is 0.342. The molecule has 0 saturated carbocycles. The third kappa shape index (κ3) is 6.98. The first-order chi connectivity index (χ1) is 18.9. The SMILES string of the molecule is CCCN(CCC)C(=O)C(CCN1CCN(c2ccc(-n3cnn(C(C)C)c3=O)cc2)CC1)c1ccccc1. The molecule has 1 atom stereocenters. The maximum absolute atomic E-state index is 13.6. The molecule has 1 aromatic heterocycles. The monoisotopic (exact) mass is 532 g/mol. The molecule has 8 heteroatoms. The van der Waals surface area contributed by atoms with Crippen molar-refractivity contribution in [3.8, 4) is 5.69 Å². The number of aromatic nitrogens is 3. The molecule has 2 heterocycles. The average molecular weight is 533 g/mol. The van der Waals surface area contributed by atoms with E-state index in [1.165, 1.54) is 4.68 Å². The van der Waals surface area contributed by atoms with E-state index >= 15 is 0 Å². The molecule has 1 amide bonds. The molecule has 210 valence electrons. The highest BCUT2D eigenvalue weighted by Gasteiger charge is 2.27. The third-order valence-electron chi connectivity index (χ3n) is 7.58. The Bertz CT molecular complexity index is 1220. The smallest absolute Gasteiger partial charge is 0.350 e. The normalized spacial score (nSPS) is 15.1. The lowest BCUT2D eigenvalue weighted by atomic mass is 9.93. The van der Waals surface area contributed by atoms with Crippen molar-refractivity contribution < 1.29 is 4.79 Å². The molecule has 1 fully saturated rings. The molecule has 1 unspecified atom stereocenters. The van der Waals surface area contributed by atoms with Gasteiger partial charge in [-0.15, -0.1) is 0 Å². The predicted octanol–water partition coefficient (Wildman–Crippen LogP) is 4.56. The molecule has 3 aromatic rings. The number of nitrogens with zero attached hydrogens (tertiary/aromatic N) is 6. The van der Waals surface area contributed by atoms with E-state index in [9.17, 15) is 9.59 Å². The van der Waals surface area contributed by atoms with Crippen molar-refractivity contribution in [2.75, 3.05) is 50.7 Å². The molecule has 1 aliphatic heterocycles. The molecule has 4 rings (SSSR count). The standard InChI is InChI=1S/C31H44N6O2/c1-5-17-35(18-6-2)30(38)29(26-10-8-7-9-11-26)16-19-33-20-22-34(23-21-33)27-12-14-28(15-13-27)36-24-32-37(25(3)4)31(36)39/h7-15,24-25,29H,5-6,16-23H2,1-4H3. The molecule has 0 bridgehead atoms. The van der Waals surface area contributed by atoms with E-state index in [0.29, 0.717) is 0 Å². The van der Waals surface area contributed by atoms with Gasteiger partial charge in [0.15, 0.2) is 0 Å². The van der Waals surface area contributed by atoms with E-state index < -0.39 is 0 Å². The number of benzene rings is 2. The van der Waals surface area contributed by atoms with Crippen LogP contribution in [0.3, 0.4) is 0 Å². The second kappa shape index (κ2) is 13.6. The Balaban J connectivity index is 1.35. The number of piperazine rings is 1.